The monoisotopic (exact) mass is 340 g/mol. The van der Waals surface area contributed by atoms with Crippen molar-refractivity contribution in [1.82, 2.24) is 4.98 Å². The van der Waals surface area contributed by atoms with E-state index in [1.165, 1.54) is 12.3 Å². The highest BCUT2D eigenvalue weighted by Gasteiger charge is 2.12. The van der Waals surface area contributed by atoms with Crippen molar-refractivity contribution in [3.05, 3.63) is 52.8 Å². The van der Waals surface area contributed by atoms with Crippen LogP contribution in [0.4, 0.5) is 5.69 Å². The molecule has 1 aromatic carbocycles. The van der Waals surface area contributed by atoms with Gasteiger partial charge in [0.05, 0.1) is 16.1 Å². The number of hydrogen-bond donors (Lipinski definition) is 2. The predicted molar refractivity (Wildman–Crippen MR) is 75.4 cm³/mol. The fourth-order valence-corrected chi connectivity index (χ4v) is 2.48. The van der Waals surface area contributed by atoms with E-state index in [0.29, 0.717) is 10.0 Å². The van der Waals surface area contributed by atoms with Crippen LogP contribution in [-0.2, 0) is 11.1 Å². The summed E-state index contributed by atoms with van der Waals surface area (Å²) in [4.78, 5) is 15.9. The van der Waals surface area contributed by atoms with Crippen LogP contribution in [0.2, 0.25) is 0 Å². The van der Waals surface area contributed by atoms with Crippen LogP contribution in [0, 0.1) is 0 Å². The van der Waals surface area contributed by atoms with Crippen molar-refractivity contribution in [3.63, 3.8) is 0 Å². The van der Waals surface area contributed by atoms with Crippen LogP contribution >= 0.6 is 15.9 Å². The number of benzene rings is 1. The number of carbonyl (C=O) groups excluding carboxylic acids is 1. The molecule has 0 aliphatic carbocycles. The molecule has 1 unspecified atom stereocenters. The summed E-state index contributed by atoms with van der Waals surface area (Å²) in [6.45, 7) is 0. The SMILES string of the molecule is O=C(Nc1ccc(Br)cc1S(=O)O)c1cccnc1. The minimum Gasteiger partial charge on any atom is -0.321 e. The molecule has 0 aliphatic rings. The highest BCUT2D eigenvalue weighted by Crippen LogP contribution is 2.24. The van der Waals surface area contributed by atoms with Crippen molar-refractivity contribution in [2.45, 2.75) is 4.90 Å². The first kappa shape index (κ1) is 13.9. The molecule has 1 amide bonds. The van der Waals surface area contributed by atoms with Crippen LogP contribution in [-0.4, -0.2) is 19.7 Å². The minimum atomic E-state index is -2.18. The first-order valence-corrected chi connectivity index (χ1v) is 7.09. The normalized spacial score (nSPS) is 11.9. The molecule has 0 aliphatic heterocycles. The quantitative estimate of drug-likeness (QED) is 0.842. The van der Waals surface area contributed by atoms with Gasteiger partial charge in [-0.2, -0.15) is 0 Å². The van der Waals surface area contributed by atoms with E-state index in [2.05, 4.69) is 26.2 Å². The van der Waals surface area contributed by atoms with E-state index in [4.69, 9.17) is 0 Å². The first-order valence-electron chi connectivity index (χ1n) is 5.19. The summed E-state index contributed by atoms with van der Waals surface area (Å²) in [7, 11) is 0. The van der Waals surface area contributed by atoms with Crippen LogP contribution in [0.1, 0.15) is 10.4 Å². The van der Waals surface area contributed by atoms with Gasteiger partial charge in [-0.15, -0.1) is 0 Å². The average Bonchev–Trinajstić information content (AvgIpc) is 2.41. The molecule has 2 N–H and O–H groups in total. The van der Waals surface area contributed by atoms with E-state index < -0.39 is 11.1 Å². The summed E-state index contributed by atoms with van der Waals surface area (Å²) in [5, 5.41) is 2.58. The lowest BCUT2D eigenvalue weighted by molar-refractivity contribution is 0.102. The molecule has 0 radical (unpaired) electrons. The second-order valence-electron chi connectivity index (χ2n) is 3.59. The second-order valence-corrected chi connectivity index (χ2v) is 5.44. The molecule has 1 heterocycles. The van der Waals surface area contributed by atoms with Crippen LogP contribution < -0.4 is 5.32 Å². The number of anilines is 1. The number of pyridine rings is 1. The summed E-state index contributed by atoms with van der Waals surface area (Å²) in [5.41, 5.74) is 0.665. The Labute approximate surface area is 120 Å². The Bertz CT molecular complexity index is 634. The summed E-state index contributed by atoms with van der Waals surface area (Å²) >= 11 is 1.02. The average molecular weight is 341 g/mol. The lowest BCUT2D eigenvalue weighted by atomic mass is 10.2. The topological polar surface area (TPSA) is 79.3 Å². The van der Waals surface area contributed by atoms with Gasteiger partial charge in [0, 0.05) is 16.9 Å². The molecular weight excluding hydrogens is 332 g/mol. The van der Waals surface area contributed by atoms with Gasteiger partial charge in [0.2, 0.25) is 0 Å². The Hall–Kier alpha value is -1.57. The Morgan fingerprint density at radius 1 is 1.37 bits per heavy atom. The summed E-state index contributed by atoms with van der Waals surface area (Å²) in [6.07, 6.45) is 2.98. The van der Waals surface area contributed by atoms with E-state index in [1.54, 1.807) is 30.5 Å². The number of halogens is 1. The first-order chi connectivity index (χ1) is 9.08. The molecule has 19 heavy (non-hydrogen) atoms. The van der Waals surface area contributed by atoms with Gasteiger partial charge in [0.25, 0.3) is 5.91 Å². The zero-order valence-corrected chi connectivity index (χ0v) is 11.9. The highest BCUT2D eigenvalue weighted by atomic mass is 79.9. The molecule has 1 atom stereocenters. The van der Waals surface area contributed by atoms with Crippen molar-refractivity contribution in [2.24, 2.45) is 0 Å². The lowest BCUT2D eigenvalue weighted by Gasteiger charge is -2.09. The van der Waals surface area contributed by atoms with Gasteiger partial charge in [-0.25, -0.2) is 4.21 Å². The zero-order valence-electron chi connectivity index (χ0n) is 9.54. The zero-order chi connectivity index (χ0) is 13.8. The third-order valence-electron chi connectivity index (χ3n) is 2.30. The summed E-state index contributed by atoms with van der Waals surface area (Å²) < 4.78 is 21.1. The largest absolute Gasteiger partial charge is 0.321 e. The van der Waals surface area contributed by atoms with Crippen molar-refractivity contribution < 1.29 is 13.6 Å². The van der Waals surface area contributed by atoms with Crippen molar-refractivity contribution in [2.75, 3.05) is 5.32 Å². The van der Waals surface area contributed by atoms with Gasteiger partial charge in [-0.05, 0) is 30.3 Å². The number of hydrogen-bond acceptors (Lipinski definition) is 3. The van der Waals surface area contributed by atoms with Crippen molar-refractivity contribution >= 4 is 38.6 Å². The molecule has 98 valence electrons. The molecule has 2 rings (SSSR count). The Kier molecular flexibility index (Phi) is 4.41. The molecule has 1 aromatic heterocycles. The molecule has 7 heteroatoms. The minimum absolute atomic E-state index is 0.131. The Balaban J connectivity index is 2.29. The molecule has 5 nitrogen and oxygen atoms in total. The fraction of sp³-hybridized carbons (Fsp3) is 0. The van der Waals surface area contributed by atoms with E-state index in [-0.39, 0.29) is 16.5 Å². The van der Waals surface area contributed by atoms with Gasteiger partial charge in [-0.1, -0.05) is 15.9 Å². The maximum absolute atomic E-state index is 11.9. The Morgan fingerprint density at radius 3 is 2.79 bits per heavy atom. The van der Waals surface area contributed by atoms with Crippen molar-refractivity contribution in [3.8, 4) is 0 Å². The lowest BCUT2D eigenvalue weighted by Crippen LogP contribution is -2.13. The second kappa shape index (κ2) is 6.05. The number of nitrogens with zero attached hydrogens (tertiary/aromatic N) is 1. The van der Waals surface area contributed by atoms with Gasteiger partial charge in [-0.3, -0.25) is 9.78 Å². The molecule has 0 saturated carbocycles. The highest BCUT2D eigenvalue weighted by molar-refractivity contribution is 9.10. The maximum Gasteiger partial charge on any atom is 0.257 e. The van der Waals surface area contributed by atoms with Crippen LogP contribution in [0.25, 0.3) is 0 Å². The predicted octanol–water partition coefficient (Wildman–Crippen LogP) is 2.68. The van der Waals surface area contributed by atoms with Crippen LogP contribution in [0.5, 0.6) is 0 Å². The molecule has 0 fully saturated rings. The van der Waals surface area contributed by atoms with Gasteiger partial charge in [0.1, 0.15) is 0 Å². The number of carbonyl (C=O) groups is 1. The Morgan fingerprint density at radius 2 is 2.16 bits per heavy atom. The molecule has 2 aromatic rings. The maximum atomic E-state index is 11.9. The van der Waals surface area contributed by atoms with E-state index in [1.807, 2.05) is 0 Å². The van der Waals surface area contributed by atoms with Crippen LogP contribution in [0.15, 0.2) is 52.1 Å². The van der Waals surface area contributed by atoms with Gasteiger partial charge >= 0.3 is 0 Å². The fourth-order valence-electron chi connectivity index (χ4n) is 1.44. The van der Waals surface area contributed by atoms with Crippen molar-refractivity contribution in [1.29, 1.82) is 0 Å². The number of aromatic nitrogens is 1. The van der Waals surface area contributed by atoms with Crippen LogP contribution in [0.3, 0.4) is 0 Å². The van der Waals surface area contributed by atoms with E-state index in [0.717, 1.165) is 0 Å². The standard InChI is InChI=1S/C12H9BrN2O3S/c13-9-3-4-10(11(6-9)19(17)18)15-12(16)8-2-1-5-14-7-8/h1-7H,(H,15,16)(H,17,18). The summed E-state index contributed by atoms with van der Waals surface area (Å²) in [6, 6.07) is 7.96. The number of rotatable bonds is 3. The molecule has 0 bridgehead atoms. The smallest absolute Gasteiger partial charge is 0.257 e. The van der Waals surface area contributed by atoms with E-state index in [9.17, 15) is 13.6 Å². The van der Waals surface area contributed by atoms with E-state index >= 15 is 0 Å². The molecule has 0 saturated heterocycles. The number of nitrogens with one attached hydrogen (secondary N) is 1. The summed E-state index contributed by atoms with van der Waals surface area (Å²) in [5.74, 6) is -0.387. The number of amides is 1. The van der Waals surface area contributed by atoms with Gasteiger partial charge < -0.3 is 9.87 Å². The third kappa shape index (κ3) is 3.46. The third-order valence-corrected chi connectivity index (χ3v) is 3.51. The van der Waals surface area contributed by atoms with Gasteiger partial charge in [0.15, 0.2) is 11.1 Å². The molecular formula is C12H9BrN2O3S. The molecule has 0 spiro atoms.